The van der Waals surface area contributed by atoms with Gasteiger partial charge in [-0.3, -0.25) is 10.1 Å². The molecule has 21 heavy (non-hydrogen) atoms. The molecule has 1 N–H and O–H groups in total. The van der Waals surface area contributed by atoms with Crippen molar-refractivity contribution in [1.82, 2.24) is 0 Å². The molecule has 0 heterocycles. The Bertz CT molecular complexity index is 695. The lowest BCUT2D eigenvalue weighted by Crippen LogP contribution is -2.07. The lowest BCUT2D eigenvalue weighted by molar-refractivity contribution is -0.384. The molecule has 0 aliphatic heterocycles. The van der Waals surface area contributed by atoms with Crippen molar-refractivity contribution in [3.63, 3.8) is 0 Å². The van der Waals surface area contributed by atoms with Crippen LogP contribution in [0.5, 0.6) is 0 Å². The molecular weight excluding hydrogens is 318 g/mol. The lowest BCUT2D eigenvalue weighted by atomic mass is 10.1. The maximum atomic E-state index is 13.0. The summed E-state index contributed by atoms with van der Waals surface area (Å²) in [5.74, 6) is -0.418. The maximum absolute atomic E-state index is 13.0. The molecule has 0 spiro atoms. The van der Waals surface area contributed by atoms with Gasteiger partial charge in [0.15, 0.2) is 0 Å². The van der Waals surface area contributed by atoms with E-state index in [4.69, 9.17) is 23.2 Å². The summed E-state index contributed by atoms with van der Waals surface area (Å²) >= 11 is 11.7. The van der Waals surface area contributed by atoms with Crippen molar-refractivity contribution in [3.8, 4) is 0 Å². The Hall–Kier alpha value is -1.85. The van der Waals surface area contributed by atoms with E-state index in [-0.39, 0.29) is 16.8 Å². The van der Waals surface area contributed by atoms with Gasteiger partial charge in [0.05, 0.1) is 4.92 Å². The Kier molecular flexibility index (Phi) is 4.65. The minimum absolute atomic E-state index is 0.0676. The molecule has 0 aromatic heterocycles. The van der Waals surface area contributed by atoms with Gasteiger partial charge in [-0.05, 0) is 36.8 Å². The van der Waals surface area contributed by atoms with E-state index >= 15 is 0 Å². The highest BCUT2D eigenvalue weighted by molar-refractivity contribution is 6.32. The van der Waals surface area contributed by atoms with Gasteiger partial charge < -0.3 is 5.32 Å². The van der Waals surface area contributed by atoms with Gasteiger partial charge in [-0.25, -0.2) is 4.39 Å². The second-order valence-electron chi connectivity index (χ2n) is 4.46. The number of nitrogens with zero attached hydrogens (tertiary/aromatic N) is 1. The predicted molar refractivity (Wildman–Crippen MR) is 81.6 cm³/mol. The van der Waals surface area contributed by atoms with Crippen LogP contribution in [0.2, 0.25) is 10.0 Å². The first kappa shape index (κ1) is 15.5. The van der Waals surface area contributed by atoms with Gasteiger partial charge in [-0.1, -0.05) is 29.3 Å². The number of hydrogen-bond donors (Lipinski definition) is 1. The summed E-state index contributed by atoms with van der Waals surface area (Å²) in [5, 5.41) is 14.3. The second-order valence-corrected chi connectivity index (χ2v) is 5.27. The van der Waals surface area contributed by atoms with Gasteiger partial charge in [0, 0.05) is 22.8 Å². The number of nitrogens with one attached hydrogen (secondary N) is 1. The van der Waals surface area contributed by atoms with E-state index in [0.29, 0.717) is 16.3 Å². The minimum atomic E-state index is -0.553. The number of nitro benzene ring substituents is 1. The summed E-state index contributed by atoms with van der Waals surface area (Å²) in [5.41, 5.74) is 1.04. The van der Waals surface area contributed by atoms with Crippen LogP contribution in [0.4, 0.5) is 15.8 Å². The zero-order valence-corrected chi connectivity index (χ0v) is 12.5. The highest BCUT2D eigenvalue weighted by atomic mass is 35.5. The van der Waals surface area contributed by atoms with Gasteiger partial charge in [0.25, 0.3) is 5.69 Å². The molecule has 0 radical (unpaired) electrons. The van der Waals surface area contributed by atoms with Crippen LogP contribution >= 0.6 is 23.2 Å². The number of nitro groups is 1. The first-order valence-electron chi connectivity index (χ1n) is 6.04. The molecule has 0 saturated carbocycles. The summed E-state index contributed by atoms with van der Waals surface area (Å²) in [4.78, 5) is 10.3. The Labute approximate surface area is 130 Å². The van der Waals surface area contributed by atoms with Crippen LogP contribution in [0.15, 0.2) is 36.4 Å². The van der Waals surface area contributed by atoms with Gasteiger partial charge in [-0.2, -0.15) is 0 Å². The summed E-state index contributed by atoms with van der Waals surface area (Å²) < 4.78 is 13.0. The zero-order chi connectivity index (χ0) is 15.6. The van der Waals surface area contributed by atoms with E-state index < -0.39 is 10.7 Å². The molecule has 0 amide bonds. The molecule has 1 atom stereocenters. The first-order chi connectivity index (χ1) is 9.88. The number of benzene rings is 2. The largest absolute Gasteiger partial charge is 0.378 e. The van der Waals surface area contributed by atoms with Crippen molar-refractivity contribution in [1.29, 1.82) is 0 Å². The molecule has 0 fully saturated rings. The van der Waals surface area contributed by atoms with E-state index in [1.165, 1.54) is 24.3 Å². The van der Waals surface area contributed by atoms with Crippen molar-refractivity contribution in [2.45, 2.75) is 13.0 Å². The van der Waals surface area contributed by atoms with Gasteiger partial charge in [0.1, 0.15) is 10.8 Å². The normalized spacial score (nSPS) is 12.0. The fraction of sp³-hybridized carbons (Fsp3) is 0.143. The molecule has 0 saturated heterocycles. The Morgan fingerprint density at radius 3 is 2.52 bits per heavy atom. The minimum Gasteiger partial charge on any atom is -0.378 e. The Balaban J connectivity index is 2.25. The standard InChI is InChI=1S/C14H11Cl2FN2O2/c1-8(11-4-2-9(17)6-13(11)16)18-10-3-5-12(15)14(7-10)19(20)21/h2-8,18H,1H3. The number of hydrogen-bond acceptors (Lipinski definition) is 3. The van der Waals surface area contributed by atoms with Crippen LogP contribution in [-0.2, 0) is 0 Å². The molecule has 0 aliphatic rings. The van der Waals surface area contributed by atoms with Crippen LogP contribution in [0.3, 0.4) is 0 Å². The number of rotatable bonds is 4. The third kappa shape index (κ3) is 3.62. The third-order valence-corrected chi connectivity index (χ3v) is 3.60. The molecule has 0 aliphatic carbocycles. The average molecular weight is 329 g/mol. The monoisotopic (exact) mass is 328 g/mol. The smallest absolute Gasteiger partial charge is 0.289 e. The van der Waals surface area contributed by atoms with Gasteiger partial charge in [0.2, 0.25) is 0 Å². The van der Waals surface area contributed by atoms with E-state index in [9.17, 15) is 14.5 Å². The van der Waals surface area contributed by atoms with Crippen molar-refractivity contribution < 1.29 is 9.31 Å². The molecule has 2 rings (SSSR count). The second kappa shape index (κ2) is 6.28. The Morgan fingerprint density at radius 2 is 1.90 bits per heavy atom. The van der Waals surface area contributed by atoms with E-state index in [0.717, 1.165) is 0 Å². The molecule has 2 aromatic rings. The van der Waals surface area contributed by atoms with Crippen LogP contribution in [0.25, 0.3) is 0 Å². The molecule has 2 aromatic carbocycles. The number of halogens is 3. The summed E-state index contributed by atoms with van der Waals surface area (Å²) in [7, 11) is 0. The van der Waals surface area contributed by atoms with E-state index in [2.05, 4.69) is 5.32 Å². The van der Waals surface area contributed by atoms with Crippen LogP contribution < -0.4 is 5.32 Å². The summed E-state index contributed by atoms with van der Waals surface area (Å²) in [6.07, 6.45) is 0. The average Bonchev–Trinajstić information content (AvgIpc) is 2.40. The fourth-order valence-electron chi connectivity index (χ4n) is 1.92. The predicted octanol–water partition coefficient (Wildman–Crippen LogP) is 5.21. The van der Waals surface area contributed by atoms with Crippen LogP contribution in [-0.4, -0.2) is 4.92 Å². The molecule has 7 heteroatoms. The molecule has 4 nitrogen and oxygen atoms in total. The lowest BCUT2D eigenvalue weighted by Gasteiger charge is -2.17. The van der Waals surface area contributed by atoms with Crippen molar-refractivity contribution in [2.24, 2.45) is 0 Å². The van der Waals surface area contributed by atoms with E-state index in [1.807, 2.05) is 6.92 Å². The van der Waals surface area contributed by atoms with Gasteiger partial charge >= 0.3 is 0 Å². The van der Waals surface area contributed by atoms with Crippen molar-refractivity contribution >= 4 is 34.6 Å². The topological polar surface area (TPSA) is 55.2 Å². The van der Waals surface area contributed by atoms with Crippen LogP contribution in [0.1, 0.15) is 18.5 Å². The van der Waals surface area contributed by atoms with Crippen molar-refractivity contribution in [3.05, 3.63) is 67.9 Å². The van der Waals surface area contributed by atoms with Crippen LogP contribution in [0, 0.1) is 15.9 Å². The summed E-state index contributed by atoms with van der Waals surface area (Å²) in [6, 6.07) is 8.27. The number of anilines is 1. The quantitative estimate of drug-likeness (QED) is 0.618. The molecule has 0 bridgehead atoms. The van der Waals surface area contributed by atoms with E-state index in [1.54, 1.807) is 12.1 Å². The third-order valence-electron chi connectivity index (χ3n) is 2.96. The highest BCUT2D eigenvalue weighted by Crippen LogP contribution is 2.31. The molecule has 1 unspecified atom stereocenters. The summed E-state index contributed by atoms with van der Waals surface area (Å²) in [6.45, 7) is 1.82. The fourth-order valence-corrected chi connectivity index (χ4v) is 2.44. The molecule has 110 valence electrons. The zero-order valence-electron chi connectivity index (χ0n) is 10.9. The molecular formula is C14H11Cl2FN2O2. The maximum Gasteiger partial charge on any atom is 0.289 e. The van der Waals surface area contributed by atoms with Gasteiger partial charge in [-0.15, -0.1) is 0 Å². The Morgan fingerprint density at radius 1 is 1.19 bits per heavy atom. The highest BCUT2D eigenvalue weighted by Gasteiger charge is 2.15. The first-order valence-corrected chi connectivity index (χ1v) is 6.79. The SMILES string of the molecule is CC(Nc1ccc(Cl)c([N+](=O)[O-])c1)c1ccc(F)cc1Cl. The van der Waals surface area contributed by atoms with Crippen molar-refractivity contribution in [2.75, 3.05) is 5.32 Å².